The molecule has 0 unspecified atom stereocenters. The Bertz CT molecular complexity index is 317. The molecule has 16 heavy (non-hydrogen) atoms. The summed E-state index contributed by atoms with van der Waals surface area (Å²) in [6.07, 6.45) is 0.719. The molecule has 2 N–H and O–H groups in total. The minimum atomic E-state index is 0.465. The van der Waals surface area contributed by atoms with E-state index in [2.05, 4.69) is 4.84 Å². The maximum Gasteiger partial charge on any atom is 0.203 e. The fourth-order valence-electron chi connectivity index (χ4n) is 1.30. The Hall–Kier alpha value is -1.46. The van der Waals surface area contributed by atoms with E-state index in [0.29, 0.717) is 30.5 Å². The molecule has 0 aliphatic rings. The van der Waals surface area contributed by atoms with Gasteiger partial charge in [0.25, 0.3) is 0 Å². The van der Waals surface area contributed by atoms with E-state index >= 15 is 0 Å². The highest BCUT2D eigenvalue weighted by molar-refractivity contribution is 5.50. The molecule has 90 valence electrons. The van der Waals surface area contributed by atoms with Crippen molar-refractivity contribution in [1.29, 1.82) is 0 Å². The smallest absolute Gasteiger partial charge is 0.203 e. The summed E-state index contributed by atoms with van der Waals surface area (Å²) >= 11 is 0. The summed E-state index contributed by atoms with van der Waals surface area (Å²) in [6.45, 7) is 0.979. The SMILES string of the molecule is COc1cccc(OCCCON)c1OC. The first-order valence-electron chi connectivity index (χ1n) is 4.99. The summed E-state index contributed by atoms with van der Waals surface area (Å²) < 4.78 is 15.9. The highest BCUT2D eigenvalue weighted by Gasteiger charge is 2.09. The van der Waals surface area contributed by atoms with Crippen LogP contribution in [0.2, 0.25) is 0 Å². The lowest BCUT2D eigenvalue weighted by Gasteiger charge is -2.13. The van der Waals surface area contributed by atoms with Crippen molar-refractivity contribution in [1.82, 2.24) is 0 Å². The maximum atomic E-state index is 5.53. The van der Waals surface area contributed by atoms with E-state index in [4.69, 9.17) is 20.1 Å². The molecule has 5 heteroatoms. The van der Waals surface area contributed by atoms with E-state index in [1.165, 1.54) is 0 Å². The minimum absolute atomic E-state index is 0.465. The molecule has 0 amide bonds. The predicted octanol–water partition coefficient (Wildman–Crippen LogP) is 1.36. The molecule has 0 saturated heterocycles. The van der Waals surface area contributed by atoms with Gasteiger partial charge in [-0.1, -0.05) is 6.07 Å². The second-order valence-electron chi connectivity index (χ2n) is 3.06. The molecule has 5 nitrogen and oxygen atoms in total. The summed E-state index contributed by atoms with van der Waals surface area (Å²) in [7, 11) is 3.16. The van der Waals surface area contributed by atoms with Crippen LogP contribution >= 0.6 is 0 Å². The van der Waals surface area contributed by atoms with Crippen molar-refractivity contribution in [2.45, 2.75) is 6.42 Å². The van der Waals surface area contributed by atoms with Gasteiger partial charge >= 0.3 is 0 Å². The zero-order chi connectivity index (χ0) is 11.8. The summed E-state index contributed by atoms with van der Waals surface area (Å²) in [5.41, 5.74) is 0. The molecule has 0 saturated carbocycles. The molecule has 0 aromatic heterocycles. The number of nitrogens with two attached hydrogens (primary N) is 1. The molecule has 0 heterocycles. The molecule has 0 atom stereocenters. The third-order valence-electron chi connectivity index (χ3n) is 2.03. The van der Waals surface area contributed by atoms with E-state index in [1.807, 2.05) is 18.2 Å². The standard InChI is InChI=1S/C11H17NO4/c1-13-9-5-3-6-10(11(9)14-2)15-7-4-8-16-12/h3,5-6H,4,7-8,12H2,1-2H3. The van der Waals surface area contributed by atoms with Crippen LogP contribution < -0.4 is 20.1 Å². The number of methoxy groups -OCH3 is 2. The molecular weight excluding hydrogens is 210 g/mol. The lowest BCUT2D eigenvalue weighted by atomic mass is 10.3. The third kappa shape index (κ3) is 3.29. The van der Waals surface area contributed by atoms with Crippen LogP contribution in [0.3, 0.4) is 0 Å². The second-order valence-corrected chi connectivity index (χ2v) is 3.06. The Morgan fingerprint density at radius 1 is 1.06 bits per heavy atom. The molecule has 1 rings (SSSR count). The van der Waals surface area contributed by atoms with Gasteiger partial charge in [0.15, 0.2) is 11.5 Å². The number of hydrogen-bond acceptors (Lipinski definition) is 5. The Labute approximate surface area is 95.0 Å². The van der Waals surface area contributed by atoms with Gasteiger partial charge in [-0.2, -0.15) is 0 Å². The Balaban J connectivity index is 2.63. The third-order valence-corrected chi connectivity index (χ3v) is 2.03. The first-order chi connectivity index (χ1) is 7.83. The Kier molecular flexibility index (Phi) is 5.45. The van der Waals surface area contributed by atoms with Gasteiger partial charge in [-0.3, -0.25) is 0 Å². The predicted molar refractivity (Wildman–Crippen MR) is 59.8 cm³/mol. The van der Waals surface area contributed by atoms with Gasteiger partial charge in [-0.05, 0) is 12.1 Å². The fourth-order valence-corrected chi connectivity index (χ4v) is 1.30. The van der Waals surface area contributed by atoms with Crippen molar-refractivity contribution in [3.05, 3.63) is 18.2 Å². The van der Waals surface area contributed by atoms with Crippen molar-refractivity contribution < 1.29 is 19.0 Å². The highest BCUT2D eigenvalue weighted by Crippen LogP contribution is 2.36. The summed E-state index contributed by atoms with van der Waals surface area (Å²) in [6, 6.07) is 5.48. The van der Waals surface area contributed by atoms with E-state index in [0.717, 1.165) is 6.42 Å². The van der Waals surface area contributed by atoms with Crippen LogP contribution in [-0.2, 0) is 4.84 Å². The molecule has 0 aliphatic heterocycles. The first kappa shape index (κ1) is 12.6. The summed E-state index contributed by atoms with van der Waals surface area (Å²) in [4.78, 5) is 4.45. The maximum absolute atomic E-state index is 5.53. The number of rotatable bonds is 7. The van der Waals surface area contributed by atoms with Gasteiger partial charge in [0.1, 0.15) is 0 Å². The second kappa shape index (κ2) is 6.92. The van der Waals surface area contributed by atoms with E-state index in [1.54, 1.807) is 14.2 Å². The van der Waals surface area contributed by atoms with Crippen LogP contribution in [0.15, 0.2) is 18.2 Å². The zero-order valence-electron chi connectivity index (χ0n) is 9.56. The largest absolute Gasteiger partial charge is 0.493 e. The fraction of sp³-hybridized carbons (Fsp3) is 0.455. The van der Waals surface area contributed by atoms with E-state index in [-0.39, 0.29) is 0 Å². The summed E-state index contributed by atoms with van der Waals surface area (Å²) in [5, 5.41) is 0. The Morgan fingerprint density at radius 3 is 2.44 bits per heavy atom. The Morgan fingerprint density at radius 2 is 1.81 bits per heavy atom. The molecule has 0 spiro atoms. The van der Waals surface area contributed by atoms with Gasteiger partial charge in [0.05, 0.1) is 27.4 Å². The van der Waals surface area contributed by atoms with Crippen molar-refractivity contribution in [3.8, 4) is 17.2 Å². The first-order valence-corrected chi connectivity index (χ1v) is 4.99. The van der Waals surface area contributed by atoms with Crippen molar-refractivity contribution >= 4 is 0 Å². The van der Waals surface area contributed by atoms with Gasteiger partial charge < -0.3 is 19.0 Å². The van der Waals surface area contributed by atoms with Gasteiger partial charge in [-0.15, -0.1) is 0 Å². The normalized spacial score (nSPS) is 9.94. The van der Waals surface area contributed by atoms with Crippen molar-refractivity contribution in [3.63, 3.8) is 0 Å². The van der Waals surface area contributed by atoms with E-state index < -0.39 is 0 Å². The van der Waals surface area contributed by atoms with Crippen LogP contribution in [0.4, 0.5) is 0 Å². The van der Waals surface area contributed by atoms with Crippen LogP contribution in [0.5, 0.6) is 17.2 Å². The molecule has 0 aliphatic carbocycles. The van der Waals surface area contributed by atoms with Gasteiger partial charge in [0, 0.05) is 6.42 Å². The number of hydrogen-bond donors (Lipinski definition) is 1. The molecule has 1 aromatic carbocycles. The van der Waals surface area contributed by atoms with Crippen LogP contribution in [0.1, 0.15) is 6.42 Å². The molecular formula is C11H17NO4. The monoisotopic (exact) mass is 227 g/mol. The van der Waals surface area contributed by atoms with Crippen LogP contribution in [-0.4, -0.2) is 27.4 Å². The molecule has 1 aromatic rings. The molecule has 0 radical (unpaired) electrons. The van der Waals surface area contributed by atoms with Crippen LogP contribution in [0.25, 0.3) is 0 Å². The van der Waals surface area contributed by atoms with Crippen molar-refractivity contribution in [2.75, 3.05) is 27.4 Å². The number of benzene rings is 1. The lowest BCUT2D eigenvalue weighted by molar-refractivity contribution is 0.121. The van der Waals surface area contributed by atoms with Crippen molar-refractivity contribution in [2.24, 2.45) is 5.90 Å². The molecule has 0 fully saturated rings. The average Bonchev–Trinajstić information content (AvgIpc) is 2.34. The highest BCUT2D eigenvalue weighted by atomic mass is 16.6. The van der Waals surface area contributed by atoms with Crippen LogP contribution in [0, 0.1) is 0 Å². The number of ether oxygens (including phenoxy) is 3. The van der Waals surface area contributed by atoms with E-state index in [9.17, 15) is 0 Å². The average molecular weight is 227 g/mol. The number of para-hydroxylation sites is 1. The summed E-state index contributed by atoms with van der Waals surface area (Å²) in [5.74, 6) is 6.81. The quantitative estimate of drug-likeness (QED) is 0.563. The van der Waals surface area contributed by atoms with Gasteiger partial charge in [-0.25, -0.2) is 5.90 Å². The lowest BCUT2D eigenvalue weighted by Crippen LogP contribution is -2.07. The minimum Gasteiger partial charge on any atom is -0.493 e. The van der Waals surface area contributed by atoms with Gasteiger partial charge in [0.2, 0.25) is 5.75 Å². The topological polar surface area (TPSA) is 62.9 Å². The molecule has 0 bridgehead atoms. The zero-order valence-corrected chi connectivity index (χ0v) is 9.56.